The van der Waals surface area contributed by atoms with E-state index in [2.05, 4.69) is 22.8 Å². The van der Waals surface area contributed by atoms with Gasteiger partial charge in [0.25, 0.3) is 0 Å². The van der Waals surface area contributed by atoms with E-state index in [4.69, 9.17) is 0 Å². The van der Waals surface area contributed by atoms with Gasteiger partial charge in [0.15, 0.2) is 0 Å². The maximum atomic E-state index is 2.63. The monoisotopic (exact) mass is 161 g/mol. The highest BCUT2D eigenvalue weighted by Gasteiger charge is 2.10. The highest BCUT2D eigenvalue weighted by Crippen LogP contribution is 2.18. The molecule has 0 amide bonds. The maximum Gasteiger partial charge on any atom is 0.109 e. The van der Waals surface area contributed by atoms with Gasteiger partial charge in [-0.3, -0.25) is 3.97 Å². The zero-order valence-electron chi connectivity index (χ0n) is 6.10. The summed E-state index contributed by atoms with van der Waals surface area (Å²) >= 11 is 2.08. The highest BCUT2D eigenvalue weighted by molar-refractivity contribution is 7.98. The second-order valence-corrected chi connectivity index (χ2v) is 6.03. The lowest BCUT2D eigenvalue weighted by Crippen LogP contribution is -2.15. The van der Waals surface area contributed by atoms with E-state index in [0.717, 1.165) is 0 Å². The van der Waals surface area contributed by atoms with Crippen molar-refractivity contribution in [3.05, 3.63) is 0 Å². The number of nitrogens with zero attached hydrogens (tertiary/aromatic N) is 1. The molecule has 0 unspecified atom stereocenters. The van der Waals surface area contributed by atoms with Crippen LogP contribution >= 0.6 is 11.9 Å². The minimum Gasteiger partial charge on any atom is -0.278 e. The molecule has 0 N–H and O–H groups in total. The van der Waals surface area contributed by atoms with Crippen LogP contribution in [-0.2, 0) is 0 Å². The van der Waals surface area contributed by atoms with Crippen molar-refractivity contribution in [2.45, 2.75) is 25.8 Å². The summed E-state index contributed by atoms with van der Waals surface area (Å²) in [5.41, 5.74) is 0. The zero-order chi connectivity index (χ0) is 6.53. The van der Waals surface area contributed by atoms with Crippen LogP contribution in [0.4, 0.5) is 0 Å². The molecule has 1 nitrogen and oxygen atoms in total. The molecular formula is C6H15NSSi. The molecule has 1 saturated heterocycles. The van der Waals surface area contributed by atoms with E-state index in [-0.39, 0.29) is 9.68 Å². The Morgan fingerprint density at radius 1 is 1.67 bits per heavy atom. The Morgan fingerprint density at radius 2 is 2.56 bits per heavy atom. The first-order valence-electron chi connectivity index (χ1n) is 3.81. The lowest BCUT2D eigenvalue weighted by molar-refractivity contribution is 0.645. The van der Waals surface area contributed by atoms with Crippen molar-refractivity contribution in [2.75, 3.05) is 12.3 Å². The van der Waals surface area contributed by atoms with E-state index in [1.807, 2.05) is 0 Å². The van der Waals surface area contributed by atoms with Crippen LogP contribution in [0.25, 0.3) is 0 Å². The topological polar surface area (TPSA) is 3.24 Å². The van der Waals surface area contributed by atoms with E-state index in [1.165, 1.54) is 31.2 Å². The van der Waals surface area contributed by atoms with Crippen LogP contribution in [0.1, 0.15) is 19.8 Å². The van der Waals surface area contributed by atoms with Crippen LogP contribution in [0.2, 0.25) is 6.04 Å². The van der Waals surface area contributed by atoms with Crippen LogP contribution in [0.3, 0.4) is 0 Å². The fourth-order valence-electron chi connectivity index (χ4n) is 1.01. The first-order chi connectivity index (χ1) is 4.43. The fourth-order valence-corrected chi connectivity index (χ4v) is 4.65. The Labute approximate surface area is 64.2 Å². The first-order valence-corrected chi connectivity index (χ1v) is 6.39. The molecule has 9 heavy (non-hydrogen) atoms. The molecule has 0 saturated carbocycles. The Balaban J connectivity index is 1.98. The van der Waals surface area contributed by atoms with E-state index in [9.17, 15) is 0 Å². The van der Waals surface area contributed by atoms with Crippen molar-refractivity contribution in [3.63, 3.8) is 0 Å². The summed E-state index contributed by atoms with van der Waals surface area (Å²) in [7, 11) is 0.233. The van der Waals surface area contributed by atoms with Crippen LogP contribution in [0, 0.1) is 0 Å². The summed E-state index contributed by atoms with van der Waals surface area (Å²) in [5, 5.41) is 0. The molecule has 0 spiro atoms. The third-order valence-corrected chi connectivity index (χ3v) is 5.70. The largest absolute Gasteiger partial charge is 0.278 e. The SMILES string of the molecule is CCCCN1[SiH2]CCS1. The van der Waals surface area contributed by atoms with Crippen molar-refractivity contribution >= 4 is 21.6 Å². The number of hydrogen-bond acceptors (Lipinski definition) is 2. The van der Waals surface area contributed by atoms with Crippen molar-refractivity contribution in [3.8, 4) is 0 Å². The summed E-state index contributed by atoms with van der Waals surface area (Å²) in [5.74, 6) is 1.41. The average Bonchev–Trinajstić information content (AvgIpc) is 2.34. The third-order valence-electron chi connectivity index (χ3n) is 1.59. The first kappa shape index (κ1) is 7.63. The molecule has 0 bridgehead atoms. The predicted molar refractivity (Wildman–Crippen MR) is 47.4 cm³/mol. The molecule has 0 aromatic heterocycles. The van der Waals surface area contributed by atoms with Gasteiger partial charge in [0.2, 0.25) is 0 Å². The van der Waals surface area contributed by atoms with Crippen LogP contribution in [0.15, 0.2) is 0 Å². The van der Waals surface area contributed by atoms with E-state index in [0.29, 0.717) is 0 Å². The summed E-state index contributed by atoms with van der Waals surface area (Å²) in [4.78, 5) is 0. The van der Waals surface area contributed by atoms with Crippen LogP contribution in [0.5, 0.6) is 0 Å². The van der Waals surface area contributed by atoms with Crippen molar-refractivity contribution < 1.29 is 0 Å². The van der Waals surface area contributed by atoms with Crippen LogP contribution < -0.4 is 0 Å². The smallest absolute Gasteiger partial charge is 0.109 e. The van der Waals surface area contributed by atoms with Gasteiger partial charge in [0, 0.05) is 12.3 Å². The molecule has 0 aromatic carbocycles. The fraction of sp³-hybridized carbons (Fsp3) is 1.00. The lowest BCUT2D eigenvalue weighted by atomic mass is 10.3. The normalized spacial score (nSPS) is 23.7. The van der Waals surface area contributed by atoms with Gasteiger partial charge in [-0.25, -0.2) is 0 Å². The quantitative estimate of drug-likeness (QED) is 0.453. The van der Waals surface area contributed by atoms with Crippen LogP contribution in [-0.4, -0.2) is 25.9 Å². The Hall–Kier alpha value is 0.527. The molecule has 3 heteroatoms. The average molecular weight is 161 g/mol. The second kappa shape index (κ2) is 4.36. The van der Waals surface area contributed by atoms with Crippen molar-refractivity contribution in [1.29, 1.82) is 0 Å². The molecule has 1 heterocycles. The van der Waals surface area contributed by atoms with Gasteiger partial charge in [-0.2, -0.15) is 0 Å². The van der Waals surface area contributed by atoms with Gasteiger partial charge in [0.05, 0.1) is 0 Å². The number of unbranched alkanes of at least 4 members (excludes halogenated alkanes) is 1. The number of hydrogen-bond donors (Lipinski definition) is 0. The van der Waals surface area contributed by atoms with E-state index < -0.39 is 0 Å². The molecule has 0 aromatic rings. The van der Waals surface area contributed by atoms with Crippen molar-refractivity contribution in [1.82, 2.24) is 3.97 Å². The van der Waals surface area contributed by atoms with Gasteiger partial charge >= 0.3 is 0 Å². The predicted octanol–water partition coefficient (Wildman–Crippen LogP) is 1.25. The summed E-state index contributed by atoms with van der Waals surface area (Å²) in [6, 6.07) is 1.54. The standard InChI is InChI=1S/C6H15NSSi/c1-2-3-4-7-8-5-6-9-7/h2-6,9H2,1H3. The molecule has 0 radical (unpaired) electrons. The van der Waals surface area contributed by atoms with Gasteiger partial charge in [-0.15, -0.1) is 0 Å². The molecule has 1 rings (SSSR count). The van der Waals surface area contributed by atoms with Gasteiger partial charge in [-0.1, -0.05) is 25.3 Å². The van der Waals surface area contributed by atoms with Gasteiger partial charge < -0.3 is 0 Å². The summed E-state index contributed by atoms with van der Waals surface area (Å²) in [6.45, 7) is 3.63. The lowest BCUT2D eigenvalue weighted by Gasteiger charge is -2.11. The van der Waals surface area contributed by atoms with Crippen molar-refractivity contribution in [2.24, 2.45) is 0 Å². The minimum absolute atomic E-state index is 0.233. The highest BCUT2D eigenvalue weighted by atomic mass is 32.2. The molecule has 1 aliphatic heterocycles. The maximum absolute atomic E-state index is 2.63. The number of rotatable bonds is 3. The van der Waals surface area contributed by atoms with E-state index in [1.54, 1.807) is 0 Å². The molecule has 54 valence electrons. The third kappa shape index (κ3) is 2.73. The molecule has 0 atom stereocenters. The zero-order valence-corrected chi connectivity index (χ0v) is 8.33. The Kier molecular flexibility index (Phi) is 3.70. The van der Waals surface area contributed by atoms with Gasteiger partial charge in [0.1, 0.15) is 9.68 Å². The summed E-state index contributed by atoms with van der Waals surface area (Å²) in [6.07, 6.45) is 2.76. The Bertz CT molecular complexity index is 73.5. The minimum atomic E-state index is 0.233. The molecule has 1 aliphatic rings. The summed E-state index contributed by atoms with van der Waals surface area (Å²) < 4.78 is 2.63. The molecule has 0 aliphatic carbocycles. The second-order valence-electron chi connectivity index (χ2n) is 2.47. The molecular weight excluding hydrogens is 146 g/mol. The van der Waals surface area contributed by atoms with Gasteiger partial charge in [-0.05, 0) is 12.5 Å². The molecule has 1 fully saturated rings. The Morgan fingerprint density at radius 3 is 3.11 bits per heavy atom. The van der Waals surface area contributed by atoms with E-state index >= 15 is 0 Å².